The van der Waals surface area contributed by atoms with Crippen molar-refractivity contribution in [3.05, 3.63) is 29.3 Å². The van der Waals surface area contributed by atoms with E-state index >= 15 is 0 Å². The number of hydrogen-bond donors (Lipinski definition) is 3. The van der Waals surface area contributed by atoms with E-state index in [4.69, 9.17) is 0 Å². The van der Waals surface area contributed by atoms with Crippen molar-refractivity contribution in [2.45, 2.75) is 26.8 Å². The van der Waals surface area contributed by atoms with E-state index in [9.17, 15) is 9.59 Å². The smallest absolute Gasteiger partial charge is 0.251 e. The predicted octanol–water partition coefficient (Wildman–Crippen LogP) is 1.71. The lowest BCUT2D eigenvalue weighted by Gasteiger charge is -2.12. The van der Waals surface area contributed by atoms with E-state index in [2.05, 4.69) is 16.0 Å². The molecule has 0 radical (unpaired) electrons. The van der Waals surface area contributed by atoms with Gasteiger partial charge in [0.25, 0.3) is 5.91 Å². The Hall–Kier alpha value is -1.59. The third kappa shape index (κ3) is 5.59. The number of likely N-dealkylation sites (N-methyl/N-ethyl adjacent to an activating group) is 1. The quantitative estimate of drug-likeness (QED) is 0.775. The highest BCUT2D eigenvalue weighted by atomic mass is 35.5. The van der Waals surface area contributed by atoms with Crippen LogP contribution in [0, 0.1) is 6.92 Å². The Morgan fingerprint density at radius 2 is 1.90 bits per heavy atom. The second-order valence-electron chi connectivity index (χ2n) is 4.74. The molecule has 5 nitrogen and oxygen atoms in total. The Morgan fingerprint density at radius 1 is 1.25 bits per heavy atom. The van der Waals surface area contributed by atoms with Crippen LogP contribution >= 0.6 is 12.4 Å². The van der Waals surface area contributed by atoms with Crippen molar-refractivity contribution in [3.8, 4) is 0 Å². The molecular weight excluding hydrogens is 278 g/mol. The van der Waals surface area contributed by atoms with Crippen LogP contribution in [0.5, 0.6) is 0 Å². The molecule has 2 amide bonds. The second kappa shape index (κ2) is 8.55. The molecule has 112 valence electrons. The van der Waals surface area contributed by atoms with E-state index in [1.54, 1.807) is 19.2 Å². The summed E-state index contributed by atoms with van der Waals surface area (Å²) in [5.74, 6) is -0.265. The fourth-order valence-corrected chi connectivity index (χ4v) is 1.65. The highest BCUT2D eigenvalue weighted by Gasteiger charge is 2.11. The molecule has 0 aliphatic heterocycles. The van der Waals surface area contributed by atoms with E-state index in [0.717, 1.165) is 5.56 Å². The van der Waals surface area contributed by atoms with Gasteiger partial charge in [-0.1, -0.05) is 6.07 Å². The van der Waals surface area contributed by atoms with E-state index in [-0.39, 0.29) is 36.8 Å². The van der Waals surface area contributed by atoms with Gasteiger partial charge in [0.05, 0.1) is 6.54 Å². The van der Waals surface area contributed by atoms with Crippen molar-refractivity contribution in [3.63, 3.8) is 0 Å². The molecule has 1 aromatic rings. The van der Waals surface area contributed by atoms with Crippen LogP contribution in [0.4, 0.5) is 5.69 Å². The molecule has 0 spiro atoms. The van der Waals surface area contributed by atoms with Crippen LogP contribution in [0.25, 0.3) is 0 Å². The van der Waals surface area contributed by atoms with Crippen LogP contribution in [0.15, 0.2) is 18.2 Å². The molecule has 0 heterocycles. The van der Waals surface area contributed by atoms with Gasteiger partial charge in [-0.2, -0.15) is 0 Å². The molecule has 20 heavy (non-hydrogen) atoms. The first-order valence-electron chi connectivity index (χ1n) is 6.30. The Bertz CT molecular complexity index is 475. The van der Waals surface area contributed by atoms with Gasteiger partial charge < -0.3 is 16.0 Å². The zero-order valence-corrected chi connectivity index (χ0v) is 13.1. The molecule has 0 saturated carbocycles. The van der Waals surface area contributed by atoms with Gasteiger partial charge in [-0.25, -0.2) is 0 Å². The molecule has 1 rings (SSSR count). The molecular formula is C14H22ClN3O2. The molecule has 0 bridgehead atoms. The van der Waals surface area contributed by atoms with Crippen molar-refractivity contribution in [1.29, 1.82) is 0 Å². The molecule has 0 aliphatic rings. The molecule has 0 saturated heterocycles. The fourth-order valence-electron chi connectivity index (χ4n) is 1.65. The minimum absolute atomic E-state index is 0. The first kappa shape index (κ1) is 18.4. The van der Waals surface area contributed by atoms with Gasteiger partial charge in [-0.05, 0) is 45.5 Å². The average molecular weight is 300 g/mol. The van der Waals surface area contributed by atoms with Crippen LogP contribution in [-0.4, -0.2) is 31.4 Å². The minimum Gasteiger partial charge on any atom is -0.350 e. The number of aryl methyl sites for hydroxylation is 1. The number of benzene rings is 1. The number of carbonyl (C=O) groups excluding carboxylic acids is 2. The summed E-state index contributed by atoms with van der Waals surface area (Å²) in [6.07, 6.45) is 0. The van der Waals surface area contributed by atoms with Crippen LogP contribution < -0.4 is 16.0 Å². The normalized spacial score (nSPS) is 9.85. The predicted molar refractivity (Wildman–Crippen MR) is 83.6 cm³/mol. The van der Waals surface area contributed by atoms with Gasteiger partial charge in [-0.15, -0.1) is 12.4 Å². The van der Waals surface area contributed by atoms with Crippen molar-refractivity contribution in [2.24, 2.45) is 0 Å². The molecule has 3 N–H and O–H groups in total. The number of carbonyl (C=O) groups is 2. The fraction of sp³-hybridized carbons (Fsp3) is 0.429. The number of amides is 2. The van der Waals surface area contributed by atoms with E-state index in [1.807, 2.05) is 26.8 Å². The van der Waals surface area contributed by atoms with Crippen molar-refractivity contribution < 1.29 is 9.59 Å². The number of hydrogen-bond acceptors (Lipinski definition) is 3. The Balaban J connectivity index is 0.00000361. The summed E-state index contributed by atoms with van der Waals surface area (Å²) in [7, 11) is 1.70. The topological polar surface area (TPSA) is 70.2 Å². The molecule has 1 aromatic carbocycles. The molecule has 0 aromatic heterocycles. The first-order valence-corrected chi connectivity index (χ1v) is 6.30. The lowest BCUT2D eigenvalue weighted by atomic mass is 10.1. The molecule has 0 aliphatic carbocycles. The van der Waals surface area contributed by atoms with Crippen LogP contribution in [0.1, 0.15) is 29.8 Å². The van der Waals surface area contributed by atoms with Gasteiger partial charge in [0.2, 0.25) is 5.91 Å². The minimum atomic E-state index is -0.137. The first-order chi connectivity index (χ1) is 8.93. The summed E-state index contributed by atoms with van der Waals surface area (Å²) in [5.41, 5.74) is 2.08. The maximum Gasteiger partial charge on any atom is 0.251 e. The number of rotatable bonds is 5. The summed E-state index contributed by atoms with van der Waals surface area (Å²) in [6, 6.07) is 5.38. The summed E-state index contributed by atoms with van der Waals surface area (Å²) in [4.78, 5) is 23.5. The monoisotopic (exact) mass is 299 g/mol. The van der Waals surface area contributed by atoms with Crippen molar-refractivity contribution in [2.75, 3.05) is 18.9 Å². The van der Waals surface area contributed by atoms with E-state index in [1.165, 1.54) is 0 Å². The zero-order valence-electron chi connectivity index (χ0n) is 12.2. The average Bonchev–Trinajstić information content (AvgIpc) is 2.31. The van der Waals surface area contributed by atoms with Crippen LogP contribution in [0.2, 0.25) is 0 Å². The van der Waals surface area contributed by atoms with Gasteiger partial charge in [0.1, 0.15) is 0 Å². The molecule has 0 unspecified atom stereocenters. The zero-order chi connectivity index (χ0) is 14.4. The third-order valence-corrected chi connectivity index (χ3v) is 2.52. The third-order valence-electron chi connectivity index (χ3n) is 2.52. The van der Waals surface area contributed by atoms with E-state index < -0.39 is 0 Å². The van der Waals surface area contributed by atoms with E-state index in [0.29, 0.717) is 11.3 Å². The standard InChI is InChI=1S/C14H21N3O2.ClH/c1-9(2)16-14(19)12-7-11(6-5-10(12)3)17-13(18)8-15-4;/h5-7,9,15H,8H2,1-4H3,(H,16,19)(H,17,18);1H. The summed E-state index contributed by atoms with van der Waals surface area (Å²) < 4.78 is 0. The lowest BCUT2D eigenvalue weighted by Crippen LogP contribution is -2.31. The SMILES string of the molecule is CNCC(=O)Nc1ccc(C)c(C(=O)NC(C)C)c1.Cl. The number of nitrogens with one attached hydrogen (secondary N) is 3. The van der Waals surface area contributed by atoms with Crippen LogP contribution in [-0.2, 0) is 4.79 Å². The van der Waals surface area contributed by atoms with Gasteiger partial charge in [0.15, 0.2) is 0 Å². The largest absolute Gasteiger partial charge is 0.350 e. The highest BCUT2D eigenvalue weighted by Crippen LogP contribution is 2.15. The Labute approximate surface area is 125 Å². The van der Waals surface area contributed by atoms with Gasteiger partial charge in [-0.3, -0.25) is 9.59 Å². The molecule has 0 fully saturated rings. The van der Waals surface area contributed by atoms with Crippen LogP contribution in [0.3, 0.4) is 0 Å². The van der Waals surface area contributed by atoms with Crippen molar-refractivity contribution >= 4 is 29.9 Å². The summed E-state index contributed by atoms with van der Waals surface area (Å²) >= 11 is 0. The Morgan fingerprint density at radius 3 is 2.45 bits per heavy atom. The highest BCUT2D eigenvalue weighted by molar-refractivity contribution is 5.98. The maximum absolute atomic E-state index is 12.0. The summed E-state index contributed by atoms with van der Waals surface area (Å²) in [5, 5.41) is 8.35. The lowest BCUT2D eigenvalue weighted by molar-refractivity contribution is -0.115. The van der Waals surface area contributed by atoms with Gasteiger partial charge in [0, 0.05) is 17.3 Å². The summed E-state index contributed by atoms with van der Waals surface area (Å²) in [6.45, 7) is 5.92. The number of anilines is 1. The maximum atomic E-state index is 12.0. The van der Waals surface area contributed by atoms with Crippen molar-refractivity contribution in [1.82, 2.24) is 10.6 Å². The molecule has 0 atom stereocenters. The Kier molecular flexibility index (Phi) is 7.87. The molecule has 6 heteroatoms. The second-order valence-corrected chi connectivity index (χ2v) is 4.74. The van der Waals surface area contributed by atoms with Gasteiger partial charge >= 0.3 is 0 Å². The number of halogens is 1.